The summed E-state index contributed by atoms with van der Waals surface area (Å²) in [6, 6.07) is 18.1. The maximum Gasteiger partial charge on any atom is 0.417 e. The third-order valence-corrected chi connectivity index (χ3v) is 6.07. The molecule has 1 N–H and O–H groups in total. The van der Waals surface area contributed by atoms with Crippen LogP contribution in [0, 0.1) is 6.92 Å². The molecule has 0 fully saturated rings. The van der Waals surface area contributed by atoms with Crippen molar-refractivity contribution in [1.29, 1.82) is 0 Å². The fraction of sp³-hybridized carbons (Fsp3) is 0.300. The van der Waals surface area contributed by atoms with Crippen LogP contribution < -0.4 is 5.32 Å². The SMILES string of the molecule is Cc1ccccc1-c1ccc(-c2nc(-c3ccc([C@H](C)NCC(=O)OC(C)(C)C)cc3)no2)cc1C(F)(F)F. The van der Waals surface area contributed by atoms with Crippen LogP contribution in [0.3, 0.4) is 0 Å². The van der Waals surface area contributed by atoms with Gasteiger partial charge in [0.2, 0.25) is 5.82 Å². The van der Waals surface area contributed by atoms with E-state index in [1.807, 2.05) is 39.8 Å². The van der Waals surface area contributed by atoms with Gasteiger partial charge in [0.1, 0.15) is 5.60 Å². The van der Waals surface area contributed by atoms with Crippen LogP contribution in [0.4, 0.5) is 13.2 Å². The maximum atomic E-state index is 14.0. The van der Waals surface area contributed by atoms with Crippen molar-refractivity contribution in [3.05, 3.63) is 83.4 Å². The van der Waals surface area contributed by atoms with E-state index >= 15 is 0 Å². The number of nitrogens with zero attached hydrogens (tertiary/aromatic N) is 2. The normalized spacial score (nSPS) is 12.8. The number of nitrogens with one attached hydrogen (secondary N) is 1. The number of aryl methyl sites for hydroxylation is 1. The second-order valence-electron chi connectivity index (χ2n) is 10.3. The Hall–Kier alpha value is -3.98. The molecule has 0 aliphatic carbocycles. The molecular formula is C30H30F3N3O3. The van der Waals surface area contributed by atoms with E-state index in [2.05, 4.69) is 15.5 Å². The molecule has 0 unspecified atom stereocenters. The van der Waals surface area contributed by atoms with Gasteiger partial charge in [-0.05, 0) is 69.0 Å². The second kappa shape index (κ2) is 11.0. The minimum absolute atomic E-state index is 0.0108. The summed E-state index contributed by atoms with van der Waals surface area (Å²) >= 11 is 0. The van der Waals surface area contributed by atoms with Crippen LogP contribution in [-0.2, 0) is 15.7 Å². The molecule has 0 aliphatic rings. The molecule has 4 rings (SSSR count). The Morgan fingerprint density at radius 1 is 0.974 bits per heavy atom. The summed E-state index contributed by atoms with van der Waals surface area (Å²) in [6.07, 6.45) is -4.57. The molecule has 0 bridgehead atoms. The fourth-order valence-corrected chi connectivity index (χ4v) is 4.13. The van der Waals surface area contributed by atoms with Gasteiger partial charge in [-0.1, -0.05) is 59.8 Å². The molecule has 0 radical (unpaired) electrons. The molecular weight excluding hydrogens is 507 g/mol. The van der Waals surface area contributed by atoms with Gasteiger partial charge in [-0.2, -0.15) is 18.2 Å². The average molecular weight is 538 g/mol. The topological polar surface area (TPSA) is 77.2 Å². The number of rotatable bonds is 7. The van der Waals surface area contributed by atoms with E-state index in [-0.39, 0.29) is 41.4 Å². The molecule has 0 saturated carbocycles. The summed E-state index contributed by atoms with van der Waals surface area (Å²) < 4.78 is 52.7. The molecule has 4 aromatic rings. The number of hydrogen-bond donors (Lipinski definition) is 1. The van der Waals surface area contributed by atoms with Crippen LogP contribution in [0.1, 0.15) is 50.4 Å². The zero-order valence-corrected chi connectivity index (χ0v) is 22.4. The molecule has 0 saturated heterocycles. The lowest BCUT2D eigenvalue weighted by Crippen LogP contribution is -2.32. The van der Waals surface area contributed by atoms with Crippen molar-refractivity contribution < 1.29 is 27.2 Å². The van der Waals surface area contributed by atoms with E-state index in [0.29, 0.717) is 11.1 Å². The number of ether oxygens (including phenoxy) is 1. The van der Waals surface area contributed by atoms with E-state index in [1.165, 1.54) is 6.07 Å². The minimum atomic E-state index is -4.57. The quantitative estimate of drug-likeness (QED) is 0.248. The summed E-state index contributed by atoms with van der Waals surface area (Å²) in [7, 11) is 0. The van der Waals surface area contributed by atoms with Gasteiger partial charge in [0.05, 0.1) is 12.1 Å². The zero-order valence-electron chi connectivity index (χ0n) is 22.4. The van der Waals surface area contributed by atoms with Crippen molar-refractivity contribution in [3.63, 3.8) is 0 Å². The first-order valence-electron chi connectivity index (χ1n) is 12.5. The summed E-state index contributed by atoms with van der Waals surface area (Å²) in [5, 5.41) is 7.10. The van der Waals surface area contributed by atoms with Crippen LogP contribution in [-0.4, -0.2) is 28.3 Å². The summed E-state index contributed by atoms with van der Waals surface area (Å²) in [5.74, 6) is -0.100. The Balaban J connectivity index is 1.52. The molecule has 0 spiro atoms. The van der Waals surface area contributed by atoms with E-state index in [1.54, 1.807) is 49.4 Å². The Morgan fingerprint density at radius 3 is 2.28 bits per heavy atom. The Kier molecular flexibility index (Phi) is 7.92. The summed E-state index contributed by atoms with van der Waals surface area (Å²) in [5.41, 5.74) is 1.76. The predicted octanol–water partition coefficient (Wildman–Crippen LogP) is 7.39. The van der Waals surface area contributed by atoms with Crippen molar-refractivity contribution in [2.24, 2.45) is 0 Å². The van der Waals surface area contributed by atoms with Gasteiger partial charge in [0.25, 0.3) is 5.89 Å². The standard InChI is InChI=1S/C30H30F3N3O3/c1-18-8-6-7-9-23(18)24-15-14-22(16-25(24)30(31,32)33)28-35-27(36-39-28)21-12-10-20(11-13-21)19(2)34-17-26(37)38-29(3,4)5/h6-16,19,34H,17H2,1-5H3/t19-/m0/s1. The average Bonchev–Trinajstić information content (AvgIpc) is 3.36. The minimum Gasteiger partial charge on any atom is -0.459 e. The van der Waals surface area contributed by atoms with Crippen molar-refractivity contribution in [2.45, 2.75) is 52.4 Å². The van der Waals surface area contributed by atoms with Crippen molar-refractivity contribution >= 4 is 5.97 Å². The predicted molar refractivity (Wildman–Crippen MR) is 143 cm³/mol. The number of alkyl halides is 3. The lowest BCUT2D eigenvalue weighted by Gasteiger charge is -2.21. The molecule has 204 valence electrons. The largest absolute Gasteiger partial charge is 0.459 e. The number of aromatic nitrogens is 2. The van der Waals surface area contributed by atoms with Gasteiger partial charge in [-0.15, -0.1) is 0 Å². The molecule has 1 heterocycles. The first-order valence-corrected chi connectivity index (χ1v) is 12.5. The van der Waals surface area contributed by atoms with Gasteiger partial charge in [-0.25, -0.2) is 0 Å². The first-order chi connectivity index (χ1) is 18.3. The van der Waals surface area contributed by atoms with Crippen molar-refractivity contribution in [3.8, 4) is 34.0 Å². The van der Waals surface area contributed by atoms with Crippen LogP contribution in [0.2, 0.25) is 0 Å². The van der Waals surface area contributed by atoms with Gasteiger partial charge >= 0.3 is 12.1 Å². The Bertz CT molecular complexity index is 1450. The molecule has 0 amide bonds. The first kappa shape index (κ1) is 28.0. The molecule has 1 aromatic heterocycles. The van der Waals surface area contributed by atoms with Crippen molar-refractivity contribution in [1.82, 2.24) is 15.5 Å². The second-order valence-corrected chi connectivity index (χ2v) is 10.3. The number of carbonyl (C=O) groups is 1. The molecule has 3 aromatic carbocycles. The molecule has 9 heteroatoms. The highest BCUT2D eigenvalue weighted by Gasteiger charge is 2.34. The van der Waals surface area contributed by atoms with E-state index in [4.69, 9.17) is 9.26 Å². The fourth-order valence-electron chi connectivity index (χ4n) is 4.13. The van der Waals surface area contributed by atoms with Crippen LogP contribution in [0.15, 0.2) is 71.3 Å². The van der Waals surface area contributed by atoms with Crippen LogP contribution in [0.25, 0.3) is 34.0 Å². The summed E-state index contributed by atoms with van der Waals surface area (Å²) in [4.78, 5) is 16.3. The van der Waals surface area contributed by atoms with E-state index < -0.39 is 17.3 Å². The third-order valence-electron chi connectivity index (χ3n) is 6.07. The Labute approximate surface area is 225 Å². The zero-order chi connectivity index (χ0) is 28.4. The number of benzene rings is 3. The van der Waals surface area contributed by atoms with E-state index in [0.717, 1.165) is 17.2 Å². The molecule has 1 atom stereocenters. The van der Waals surface area contributed by atoms with Gasteiger partial charge in [-0.3, -0.25) is 4.79 Å². The van der Waals surface area contributed by atoms with Crippen LogP contribution in [0.5, 0.6) is 0 Å². The third kappa shape index (κ3) is 6.92. The smallest absolute Gasteiger partial charge is 0.417 e. The van der Waals surface area contributed by atoms with Gasteiger partial charge in [0.15, 0.2) is 0 Å². The van der Waals surface area contributed by atoms with Crippen LogP contribution >= 0.6 is 0 Å². The monoisotopic (exact) mass is 537 g/mol. The lowest BCUT2D eigenvalue weighted by molar-refractivity contribution is -0.153. The number of halogens is 3. The number of esters is 1. The molecule has 6 nitrogen and oxygen atoms in total. The van der Waals surface area contributed by atoms with Crippen molar-refractivity contribution in [2.75, 3.05) is 6.54 Å². The maximum absolute atomic E-state index is 14.0. The van der Waals surface area contributed by atoms with Gasteiger partial charge in [0, 0.05) is 17.2 Å². The number of carbonyl (C=O) groups excluding carboxylic acids is 1. The highest BCUT2D eigenvalue weighted by Crippen LogP contribution is 2.40. The lowest BCUT2D eigenvalue weighted by atomic mass is 9.94. The summed E-state index contributed by atoms with van der Waals surface area (Å²) in [6.45, 7) is 9.20. The highest BCUT2D eigenvalue weighted by molar-refractivity contribution is 5.75. The number of hydrogen-bond acceptors (Lipinski definition) is 6. The van der Waals surface area contributed by atoms with Gasteiger partial charge < -0.3 is 14.6 Å². The highest BCUT2D eigenvalue weighted by atomic mass is 19.4. The molecule has 39 heavy (non-hydrogen) atoms. The Morgan fingerprint density at radius 2 is 1.64 bits per heavy atom. The van der Waals surface area contributed by atoms with E-state index in [9.17, 15) is 18.0 Å². The molecule has 0 aliphatic heterocycles.